The van der Waals surface area contributed by atoms with Crippen molar-refractivity contribution < 1.29 is 8.83 Å². The van der Waals surface area contributed by atoms with E-state index in [0.29, 0.717) is 0 Å². The van der Waals surface area contributed by atoms with Crippen molar-refractivity contribution in [3.8, 4) is 22.3 Å². The van der Waals surface area contributed by atoms with E-state index in [1.165, 1.54) is 59.8 Å². The Morgan fingerprint density at radius 3 is 1.56 bits per heavy atom. The summed E-state index contributed by atoms with van der Waals surface area (Å²) >= 11 is 0. The summed E-state index contributed by atoms with van der Waals surface area (Å²) in [6.07, 6.45) is 0. The number of para-hydroxylation sites is 2. The molecule has 0 fully saturated rings. The molecule has 0 aliphatic heterocycles. The van der Waals surface area contributed by atoms with Crippen LogP contribution in [0.4, 0.5) is 0 Å². The minimum Gasteiger partial charge on any atom is -0.455 e. The van der Waals surface area contributed by atoms with Crippen molar-refractivity contribution in [2.75, 3.05) is 0 Å². The minimum atomic E-state index is 0.850. The molecule has 2 nitrogen and oxygen atoms in total. The van der Waals surface area contributed by atoms with Gasteiger partial charge in [0.2, 0.25) is 0 Å². The molecule has 0 amide bonds. The molecule has 0 unspecified atom stereocenters. The van der Waals surface area contributed by atoms with E-state index in [2.05, 4.69) is 146 Å². The van der Waals surface area contributed by atoms with E-state index in [-0.39, 0.29) is 0 Å². The lowest BCUT2D eigenvalue weighted by Crippen LogP contribution is -1.91. The number of hydrogen-bond acceptors (Lipinski definition) is 2. The molecule has 222 valence electrons. The Hall–Kier alpha value is -6.38. The summed E-state index contributed by atoms with van der Waals surface area (Å²) in [6.45, 7) is 0. The quantitative estimate of drug-likeness (QED) is 0.144. The van der Waals surface area contributed by atoms with Gasteiger partial charge in [0.25, 0.3) is 0 Å². The highest BCUT2D eigenvalue weighted by molar-refractivity contribution is 6.30. The van der Waals surface area contributed by atoms with Crippen LogP contribution in [-0.2, 0) is 0 Å². The van der Waals surface area contributed by atoms with Crippen LogP contribution in [0.2, 0.25) is 0 Å². The fourth-order valence-corrected chi connectivity index (χ4v) is 8.15. The summed E-state index contributed by atoms with van der Waals surface area (Å²) in [4.78, 5) is 0. The van der Waals surface area contributed by atoms with Crippen LogP contribution in [0.3, 0.4) is 0 Å². The van der Waals surface area contributed by atoms with Crippen LogP contribution in [0.5, 0.6) is 0 Å². The largest absolute Gasteiger partial charge is 0.455 e. The van der Waals surface area contributed by atoms with Crippen molar-refractivity contribution in [3.63, 3.8) is 0 Å². The van der Waals surface area contributed by atoms with Crippen LogP contribution in [-0.4, -0.2) is 0 Å². The van der Waals surface area contributed by atoms with Gasteiger partial charge in [-0.2, -0.15) is 0 Å². The van der Waals surface area contributed by atoms with Gasteiger partial charge in [0.05, 0.1) is 5.39 Å². The molecule has 0 spiro atoms. The summed E-state index contributed by atoms with van der Waals surface area (Å²) in [5, 5.41) is 14.2. The normalized spacial score (nSPS) is 12.2. The molecular formula is C46H26O2. The van der Waals surface area contributed by atoms with Gasteiger partial charge < -0.3 is 8.83 Å². The highest BCUT2D eigenvalue weighted by Crippen LogP contribution is 2.49. The van der Waals surface area contributed by atoms with E-state index < -0.39 is 0 Å². The molecule has 0 aliphatic rings. The topological polar surface area (TPSA) is 26.3 Å². The predicted molar refractivity (Wildman–Crippen MR) is 202 cm³/mol. The molecule has 11 rings (SSSR count). The second-order valence-corrected chi connectivity index (χ2v) is 12.8. The molecule has 11 aromatic rings. The average Bonchev–Trinajstić information content (AvgIpc) is 3.72. The molecule has 0 radical (unpaired) electrons. The first kappa shape index (κ1) is 25.8. The Labute approximate surface area is 275 Å². The Balaban J connectivity index is 1.29. The van der Waals surface area contributed by atoms with E-state index in [1.54, 1.807) is 0 Å². The van der Waals surface area contributed by atoms with Crippen molar-refractivity contribution >= 4 is 87.0 Å². The lowest BCUT2D eigenvalue weighted by Gasteiger charge is -2.18. The van der Waals surface area contributed by atoms with E-state index in [4.69, 9.17) is 8.83 Å². The summed E-state index contributed by atoms with van der Waals surface area (Å²) in [5.74, 6) is 0. The van der Waals surface area contributed by atoms with Crippen molar-refractivity contribution in [3.05, 3.63) is 158 Å². The smallest absolute Gasteiger partial charge is 0.147 e. The standard InChI is InChI=1S/C46H26O2/c1-2-12-30-27(11-1)21-22-28-25-29(23-24-31(28)30)42-33-14-3-5-16-35(33)43(36-17-6-4-15-34(36)42)39-26-38-32-13-7-9-19-40(32)47-45(38)44-37-18-8-10-20-41(37)48-46(39)44/h1-26H. The van der Waals surface area contributed by atoms with E-state index in [1.807, 2.05) is 12.1 Å². The van der Waals surface area contributed by atoms with Crippen molar-refractivity contribution in [1.82, 2.24) is 0 Å². The molecular weight excluding hydrogens is 585 g/mol. The van der Waals surface area contributed by atoms with E-state index in [9.17, 15) is 0 Å². The molecule has 2 heteroatoms. The number of fused-ring (bicyclic) bond motifs is 12. The van der Waals surface area contributed by atoms with Crippen molar-refractivity contribution in [2.24, 2.45) is 0 Å². The van der Waals surface area contributed by atoms with Gasteiger partial charge in [-0.25, -0.2) is 0 Å². The lowest BCUT2D eigenvalue weighted by molar-refractivity contribution is 0.663. The first-order chi connectivity index (χ1) is 23.8. The zero-order valence-electron chi connectivity index (χ0n) is 25.8. The maximum Gasteiger partial charge on any atom is 0.147 e. The van der Waals surface area contributed by atoms with Crippen LogP contribution < -0.4 is 0 Å². The number of hydrogen-bond donors (Lipinski definition) is 0. The average molecular weight is 611 g/mol. The Morgan fingerprint density at radius 2 is 0.833 bits per heavy atom. The summed E-state index contributed by atoms with van der Waals surface area (Å²) < 4.78 is 13.4. The molecule has 0 atom stereocenters. The molecule has 0 bridgehead atoms. The molecule has 2 heterocycles. The molecule has 0 aliphatic carbocycles. The first-order valence-electron chi connectivity index (χ1n) is 16.4. The van der Waals surface area contributed by atoms with Crippen molar-refractivity contribution in [2.45, 2.75) is 0 Å². The Morgan fingerprint density at radius 1 is 0.312 bits per heavy atom. The predicted octanol–water partition coefficient (Wildman–Crippen LogP) is 13.4. The third kappa shape index (κ3) is 3.46. The molecule has 9 aromatic carbocycles. The van der Waals surface area contributed by atoms with Gasteiger partial charge in [-0.1, -0.05) is 133 Å². The van der Waals surface area contributed by atoms with Gasteiger partial charge in [0, 0.05) is 27.3 Å². The van der Waals surface area contributed by atoms with E-state index in [0.717, 1.165) is 49.4 Å². The van der Waals surface area contributed by atoms with Crippen LogP contribution in [0.25, 0.3) is 109 Å². The van der Waals surface area contributed by atoms with Gasteiger partial charge in [0.1, 0.15) is 22.3 Å². The van der Waals surface area contributed by atoms with Crippen LogP contribution in [0, 0.1) is 0 Å². The van der Waals surface area contributed by atoms with Crippen molar-refractivity contribution in [1.29, 1.82) is 0 Å². The van der Waals surface area contributed by atoms with Gasteiger partial charge in [0.15, 0.2) is 0 Å². The van der Waals surface area contributed by atoms with Gasteiger partial charge >= 0.3 is 0 Å². The van der Waals surface area contributed by atoms with Gasteiger partial charge in [-0.15, -0.1) is 0 Å². The van der Waals surface area contributed by atoms with Crippen LogP contribution >= 0.6 is 0 Å². The maximum atomic E-state index is 6.78. The van der Waals surface area contributed by atoms with Gasteiger partial charge in [-0.3, -0.25) is 0 Å². The summed E-state index contributed by atoms with van der Waals surface area (Å²) in [5.41, 5.74) is 8.16. The zero-order chi connectivity index (χ0) is 31.3. The maximum absolute atomic E-state index is 6.78. The summed E-state index contributed by atoms with van der Waals surface area (Å²) in [7, 11) is 0. The van der Waals surface area contributed by atoms with E-state index >= 15 is 0 Å². The minimum absolute atomic E-state index is 0.850. The third-order valence-corrected chi connectivity index (χ3v) is 10.2. The Bertz CT molecular complexity index is 3060. The fraction of sp³-hybridized carbons (Fsp3) is 0. The highest BCUT2D eigenvalue weighted by atomic mass is 16.3. The highest BCUT2D eigenvalue weighted by Gasteiger charge is 2.24. The fourth-order valence-electron chi connectivity index (χ4n) is 8.15. The first-order valence-corrected chi connectivity index (χ1v) is 16.4. The molecule has 2 aromatic heterocycles. The molecule has 48 heavy (non-hydrogen) atoms. The third-order valence-electron chi connectivity index (χ3n) is 10.2. The SMILES string of the molecule is c1ccc2c(c1)ccc1cc(-c3c4ccccc4c(-c4cc5c6ccccc6oc5c5c4oc4ccccc45)c4ccccc34)ccc12. The van der Waals surface area contributed by atoms with Crippen LogP contribution in [0.1, 0.15) is 0 Å². The summed E-state index contributed by atoms with van der Waals surface area (Å²) in [6, 6.07) is 56.7. The molecule has 0 saturated heterocycles. The monoisotopic (exact) mass is 610 g/mol. The second-order valence-electron chi connectivity index (χ2n) is 12.8. The number of rotatable bonds is 2. The van der Waals surface area contributed by atoms with Crippen LogP contribution in [0.15, 0.2) is 167 Å². The number of benzene rings is 9. The second kappa shape index (κ2) is 9.57. The van der Waals surface area contributed by atoms with Gasteiger partial charge in [-0.05, 0) is 78.5 Å². The zero-order valence-corrected chi connectivity index (χ0v) is 25.8. The molecule has 0 saturated carbocycles. The number of furan rings is 2. The molecule has 0 N–H and O–H groups in total. The lowest BCUT2D eigenvalue weighted by atomic mass is 9.84. The Kier molecular flexibility index (Phi) is 5.14.